The Morgan fingerprint density at radius 2 is 1.92 bits per heavy atom. The molecule has 4 heterocycles. The van der Waals surface area contributed by atoms with Crippen molar-refractivity contribution in [1.29, 1.82) is 0 Å². The first-order valence-corrected chi connectivity index (χ1v) is 13.5. The normalized spacial score (nSPS) is 17.5. The van der Waals surface area contributed by atoms with E-state index in [1.54, 1.807) is 29.7 Å². The van der Waals surface area contributed by atoms with Gasteiger partial charge in [0.15, 0.2) is 6.10 Å². The van der Waals surface area contributed by atoms with E-state index in [9.17, 15) is 9.59 Å². The molecule has 0 saturated carbocycles. The first-order chi connectivity index (χ1) is 18.0. The molecule has 9 heteroatoms. The topological polar surface area (TPSA) is 72.8 Å². The summed E-state index contributed by atoms with van der Waals surface area (Å²) in [4.78, 5) is 30.3. The number of pyridine rings is 1. The molecule has 1 N–H and O–H groups in total. The maximum absolute atomic E-state index is 13.6. The summed E-state index contributed by atoms with van der Waals surface area (Å²) in [6.45, 7) is 4.57. The molecule has 2 aromatic carbocycles. The number of thiophene rings is 1. The van der Waals surface area contributed by atoms with Crippen LogP contribution in [0.25, 0.3) is 10.9 Å². The average Bonchev–Trinajstić information content (AvgIpc) is 3.45. The second-order valence-corrected chi connectivity index (χ2v) is 10.7. The van der Waals surface area contributed by atoms with Crippen LogP contribution in [0, 0.1) is 0 Å². The Hall–Kier alpha value is -3.17. The van der Waals surface area contributed by atoms with Crippen molar-refractivity contribution in [2.24, 2.45) is 0 Å². The number of aromatic nitrogens is 1. The van der Waals surface area contributed by atoms with E-state index in [2.05, 4.69) is 16.3 Å². The number of nitrogens with one attached hydrogen (secondary N) is 1. The maximum atomic E-state index is 13.6. The Morgan fingerprint density at radius 3 is 2.68 bits per heavy atom. The number of carbonyl (C=O) groups excluding carboxylic acids is 1. The molecule has 0 bridgehead atoms. The summed E-state index contributed by atoms with van der Waals surface area (Å²) in [5, 5.41) is 6.06. The highest BCUT2D eigenvalue weighted by molar-refractivity contribution is 7.10. The molecular formula is C28H26ClN3O4S. The molecule has 0 spiro atoms. The van der Waals surface area contributed by atoms with Crippen molar-refractivity contribution in [3.63, 3.8) is 0 Å². The van der Waals surface area contributed by atoms with E-state index in [4.69, 9.17) is 21.1 Å². The number of morpholine rings is 1. The zero-order chi connectivity index (χ0) is 25.4. The summed E-state index contributed by atoms with van der Waals surface area (Å²) in [6, 6.07) is 15.3. The standard InChI is InChI=1S/C28H26ClN3O4S/c29-20-5-3-18(4-6-20)14-30-28(34)22-16-32-17-24(25-2-1-11-37-25)36-23-13-19(12-21(26(23)32)27(22)33)15-31-7-9-35-10-8-31/h1-6,11-13,16,24H,7-10,14-15,17H2,(H,30,34). The Kier molecular flexibility index (Phi) is 6.73. The average molecular weight is 536 g/mol. The summed E-state index contributed by atoms with van der Waals surface area (Å²) >= 11 is 7.61. The molecule has 0 radical (unpaired) electrons. The van der Waals surface area contributed by atoms with E-state index in [0.29, 0.717) is 49.0 Å². The minimum absolute atomic E-state index is 0.128. The van der Waals surface area contributed by atoms with Gasteiger partial charge in [-0.15, -0.1) is 11.3 Å². The predicted molar refractivity (Wildman–Crippen MR) is 145 cm³/mol. The van der Waals surface area contributed by atoms with Crippen LogP contribution in [-0.4, -0.2) is 41.7 Å². The molecule has 2 aliphatic rings. The predicted octanol–water partition coefficient (Wildman–Crippen LogP) is 4.61. The molecule has 7 nitrogen and oxygen atoms in total. The fourth-order valence-electron chi connectivity index (χ4n) is 4.93. The number of benzene rings is 2. The highest BCUT2D eigenvalue weighted by atomic mass is 35.5. The van der Waals surface area contributed by atoms with Gasteiger partial charge in [-0.3, -0.25) is 14.5 Å². The largest absolute Gasteiger partial charge is 0.481 e. The first-order valence-electron chi connectivity index (χ1n) is 12.3. The number of amides is 1. The lowest BCUT2D eigenvalue weighted by Gasteiger charge is -2.30. The van der Waals surface area contributed by atoms with Crippen LogP contribution in [0.3, 0.4) is 0 Å². The van der Waals surface area contributed by atoms with Crippen LogP contribution in [0.2, 0.25) is 5.02 Å². The van der Waals surface area contributed by atoms with E-state index in [1.165, 1.54) is 0 Å². The SMILES string of the molecule is O=C(NCc1ccc(Cl)cc1)c1cn2c3c(cc(CN4CCOCC4)cc3c1=O)OC(c1cccs1)C2. The van der Waals surface area contributed by atoms with Gasteiger partial charge < -0.3 is 19.4 Å². The van der Waals surface area contributed by atoms with Gasteiger partial charge in [-0.25, -0.2) is 0 Å². The van der Waals surface area contributed by atoms with Gasteiger partial charge in [0.2, 0.25) is 5.43 Å². The fourth-order valence-corrected chi connectivity index (χ4v) is 5.81. The van der Waals surface area contributed by atoms with Crippen LogP contribution < -0.4 is 15.5 Å². The van der Waals surface area contributed by atoms with Gasteiger partial charge in [-0.05, 0) is 46.8 Å². The maximum Gasteiger partial charge on any atom is 0.257 e. The Balaban J connectivity index is 1.38. The third kappa shape index (κ3) is 5.02. The molecule has 6 rings (SSSR count). The molecular weight excluding hydrogens is 510 g/mol. The van der Waals surface area contributed by atoms with Gasteiger partial charge >= 0.3 is 0 Å². The molecule has 2 aliphatic heterocycles. The van der Waals surface area contributed by atoms with Crippen LogP contribution in [0.1, 0.15) is 32.5 Å². The number of hydrogen-bond acceptors (Lipinski definition) is 6. The van der Waals surface area contributed by atoms with Crippen LogP contribution >= 0.6 is 22.9 Å². The molecule has 1 atom stereocenters. The minimum atomic E-state index is -0.398. The second-order valence-electron chi connectivity index (χ2n) is 9.33. The fraction of sp³-hybridized carbons (Fsp3) is 0.286. The van der Waals surface area contributed by atoms with Gasteiger partial charge in [0.1, 0.15) is 11.3 Å². The molecule has 1 unspecified atom stereocenters. The summed E-state index contributed by atoms with van der Waals surface area (Å²) in [5.41, 5.74) is 2.46. The second kappa shape index (κ2) is 10.3. The molecule has 2 aromatic heterocycles. The smallest absolute Gasteiger partial charge is 0.257 e. The van der Waals surface area contributed by atoms with E-state index in [1.807, 2.05) is 40.3 Å². The summed E-state index contributed by atoms with van der Waals surface area (Å²) in [6.07, 6.45) is 1.48. The number of nitrogens with zero attached hydrogens (tertiary/aromatic N) is 2. The summed E-state index contributed by atoms with van der Waals surface area (Å²) in [7, 11) is 0. The minimum Gasteiger partial charge on any atom is -0.481 e. The lowest BCUT2D eigenvalue weighted by Crippen LogP contribution is -2.35. The van der Waals surface area contributed by atoms with Crippen molar-refractivity contribution in [2.45, 2.75) is 25.7 Å². The zero-order valence-electron chi connectivity index (χ0n) is 20.1. The van der Waals surface area contributed by atoms with Crippen molar-refractivity contribution >= 4 is 39.7 Å². The van der Waals surface area contributed by atoms with Crippen molar-refractivity contribution < 1.29 is 14.3 Å². The van der Waals surface area contributed by atoms with E-state index in [0.717, 1.165) is 34.6 Å². The molecule has 0 aliphatic carbocycles. The van der Waals surface area contributed by atoms with Gasteiger partial charge in [-0.2, -0.15) is 0 Å². The van der Waals surface area contributed by atoms with Crippen LogP contribution in [0.4, 0.5) is 0 Å². The van der Waals surface area contributed by atoms with Gasteiger partial charge in [0, 0.05) is 42.3 Å². The van der Waals surface area contributed by atoms with Crippen molar-refractivity contribution in [3.05, 3.63) is 96.9 Å². The van der Waals surface area contributed by atoms with Crippen molar-refractivity contribution in [2.75, 3.05) is 26.3 Å². The van der Waals surface area contributed by atoms with Gasteiger partial charge in [0.05, 0.1) is 30.7 Å². The Morgan fingerprint density at radius 1 is 1.11 bits per heavy atom. The molecule has 190 valence electrons. The highest BCUT2D eigenvalue weighted by Gasteiger charge is 2.27. The monoisotopic (exact) mass is 535 g/mol. The third-order valence-electron chi connectivity index (χ3n) is 6.81. The number of halogens is 1. The highest BCUT2D eigenvalue weighted by Crippen LogP contribution is 2.37. The van der Waals surface area contributed by atoms with Crippen molar-refractivity contribution in [3.8, 4) is 5.75 Å². The lowest BCUT2D eigenvalue weighted by molar-refractivity contribution is 0.0341. The lowest BCUT2D eigenvalue weighted by atomic mass is 10.0. The van der Waals surface area contributed by atoms with Gasteiger partial charge in [0.25, 0.3) is 5.91 Å². The van der Waals surface area contributed by atoms with Crippen LogP contribution in [0.5, 0.6) is 5.75 Å². The van der Waals surface area contributed by atoms with Gasteiger partial charge in [-0.1, -0.05) is 29.8 Å². The number of ether oxygens (including phenoxy) is 2. The van der Waals surface area contributed by atoms with Crippen molar-refractivity contribution in [1.82, 2.24) is 14.8 Å². The summed E-state index contributed by atoms with van der Waals surface area (Å²) in [5.74, 6) is 0.278. The zero-order valence-corrected chi connectivity index (χ0v) is 21.7. The Labute approximate surface area is 223 Å². The van der Waals surface area contributed by atoms with Crippen LogP contribution in [-0.2, 0) is 24.4 Å². The van der Waals surface area contributed by atoms with E-state index >= 15 is 0 Å². The summed E-state index contributed by atoms with van der Waals surface area (Å²) < 4.78 is 13.9. The number of hydrogen-bond donors (Lipinski definition) is 1. The molecule has 1 fully saturated rings. The molecule has 37 heavy (non-hydrogen) atoms. The Bertz CT molecular complexity index is 1490. The first kappa shape index (κ1) is 24.2. The third-order valence-corrected chi connectivity index (χ3v) is 8.03. The van der Waals surface area contributed by atoms with Crippen LogP contribution in [0.15, 0.2) is 64.9 Å². The molecule has 4 aromatic rings. The molecule has 1 amide bonds. The quantitative estimate of drug-likeness (QED) is 0.390. The molecule has 1 saturated heterocycles. The number of rotatable bonds is 6. The van der Waals surface area contributed by atoms with E-state index in [-0.39, 0.29) is 17.1 Å². The number of carbonyl (C=O) groups is 1. The van der Waals surface area contributed by atoms with E-state index < -0.39 is 5.91 Å².